The van der Waals surface area contributed by atoms with Gasteiger partial charge < -0.3 is 0 Å². The van der Waals surface area contributed by atoms with E-state index in [1.165, 1.54) is 13.8 Å². The Labute approximate surface area is 88.5 Å². The summed E-state index contributed by atoms with van der Waals surface area (Å²) < 4.78 is 20.6. The van der Waals surface area contributed by atoms with E-state index in [2.05, 4.69) is 0 Å². The van der Waals surface area contributed by atoms with Crippen LogP contribution in [0.25, 0.3) is 0 Å². The van der Waals surface area contributed by atoms with Crippen LogP contribution >= 0.6 is 15.8 Å². The molecule has 0 amide bonds. The van der Waals surface area contributed by atoms with Gasteiger partial charge in [-0.2, -0.15) is 0 Å². The van der Waals surface area contributed by atoms with Crippen LogP contribution in [0.1, 0.15) is 13.8 Å². The van der Waals surface area contributed by atoms with Gasteiger partial charge in [0.2, 0.25) is 0 Å². The van der Waals surface area contributed by atoms with E-state index in [-0.39, 0.29) is 0 Å². The molecule has 0 aromatic heterocycles. The molecule has 0 unspecified atom stereocenters. The minimum absolute atomic E-state index is 0.503. The number of aliphatic hydroxyl groups is 1. The van der Waals surface area contributed by atoms with Crippen molar-refractivity contribution >= 4 is 21.8 Å². The number of rotatable bonds is 3. The van der Waals surface area contributed by atoms with Gasteiger partial charge in [0.15, 0.2) is 0 Å². The number of hydrogen-bond donors (Lipinski definition) is 2. The van der Waals surface area contributed by atoms with Crippen molar-refractivity contribution in [2.75, 3.05) is 0 Å². The van der Waals surface area contributed by atoms with Gasteiger partial charge in [0, 0.05) is 0 Å². The predicted molar refractivity (Wildman–Crippen MR) is 52.3 cm³/mol. The molecule has 6 nitrogen and oxygen atoms in total. The van der Waals surface area contributed by atoms with E-state index in [0.29, 0.717) is 4.90 Å². The summed E-state index contributed by atoms with van der Waals surface area (Å²) in [5, 5.41) is 18.6. The molecule has 0 rings (SSSR count). The first-order chi connectivity index (χ1) is 6.91. The van der Waals surface area contributed by atoms with Crippen LogP contribution in [0.2, 0.25) is 0 Å². The van der Waals surface area contributed by atoms with E-state index < -0.39 is 33.4 Å². The molecule has 15 heavy (non-hydrogen) atoms. The molecule has 0 saturated carbocycles. The van der Waals surface area contributed by atoms with Crippen LogP contribution < -0.4 is 0 Å². The van der Waals surface area contributed by atoms with Gasteiger partial charge in [0.25, 0.3) is 0 Å². The molecule has 0 aliphatic carbocycles. The third kappa shape index (κ3) is 3.19. The van der Waals surface area contributed by atoms with Crippen molar-refractivity contribution < 1.29 is 24.1 Å². The molecule has 0 saturated heterocycles. The summed E-state index contributed by atoms with van der Waals surface area (Å²) >= 11 is 0. The first-order valence-corrected chi connectivity index (χ1v) is 5.45. The van der Waals surface area contributed by atoms with Crippen molar-refractivity contribution in [2.45, 2.75) is 19.6 Å². The van der Waals surface area contributed by atoms with Gasteiger partial charge in [-0.1, -0.05) is 0 Å². The Balaban J connectivity index is 5.61. The van der Waals surface area contributed by atoms with E-state index in [9.17, 15) is 19.0 Å². The van der Waals surface area contributed by atoms with Crippen molar-refractivity contribution in [2.24, 2.45) is 5.92 Å². The van der Waals surface area contributed by atoms with Gasteiger partial charge in [-0.25, -0.2) is 0 Å². The summed E-state index contributed by atoms with van der Waals surface area (Å²) in [5.41, 5.74) is -2.37. The Morgan fingerprint density at radius 1 is 1.33 bits per heavy atom. The molecule has 0 spiro atoms. The van der Waals surface area contributed by atoms with E-state index in [1.54, 1.807) is 0 Å². The third-order valence-corrected chi connectivity index (χ3v) is 2.31. The fourth-order valence-electron chi connectivity index (χ4n) is 0.857. The Morgan fingerprint density at radius 2 is 1.73 bits per heavy atom. The van der Waals surface area contributed by atoms with Crippen molar-refractivity contribution in [3.8, 4) is 11.5 Å². The molecule has 2 N–H and O–H groups in total. The molecule has 0 bridgehead atoms. The molecule has 0 fully saturated rings. The molecule has 1 atom stereocenters. The SMILES string of the molecule is CC(C)[C@@](O)(C(=O)O)N(C#P=O)C#P=O. The van der Waals surface area contributed by atoms with E-state index in [4.69, 9.17) is 5.11 Å². The topological polar surface area (TPSA) is 94.9 Å². The number of aliphatic carboxylic acids is 1. The van der Waals surface area contributed by atoms with Gasteiger partial charge in [-0.3, -0.25) is 0 Å². The van der Waals surface area contributed by atoms with Gasteiger partial charge in [-0.05, 0) is 0 Å². The molecular formula is C7H9NO5P2. The van der Waals surface area contributed by atoms with Crippen LogP contribution in [0.15, 0.2) is 0 Å². The fourth-order valence-corrected chi connectivity index (χ4v) is 1.50. The Bertz CT molecular complexity index is 422. The van der Waals surface area contributed by atoms with Crippen molar-refractivity contribution in [1.82, 2.24) is 4.90 Å². The zero-order valence-corrected chi connectivity index (χ0v) is 9.83. The molecule has 0 aromatic carbocycles. The maximum absolute atomic E-state index is 10.9. The summed E-state index contributed by atoms with van der Waals surface area (Å²) in [6.07, 6.45) is 0. The molecule has 0 aromatic rings. The quantitative estimate of drug-likeness (QED) is 0.442. The van der Waals surface area contributed by atoms with Crippen LogP contribution in [0.5, 0.6) is 0 Å². The number of nitrogens with zero attached hydrogens (tertiary/aromatic N) is 1. The molecule has 0 radical (unpaired) electrons. The number of hydrogen-bond acceptors (Lipinski definition) is 5. The summed E-state index contributed by atoms with van der Waals surface area (Å²) in [4.78, 5) is 11.4. The standard InChI is InChI=1S/C7H9NO5P2/c1-5(2)7(11,6(9)10)8(3-14-12)4-15-13/h5,11H,1-2H3,(H,9,10)/t7-/m1/s1. The van der Waals surface area contributed by atoms with E-state index in [0.717, 1.165) is 0 Å². The zero-order valence-electron chi connectivity index (χ0n) is 8.04. The van der Waals surface area contributed by atoms with Crippen LogP contribution in [0, 0.1) is 17.4 Å². The van der Waals surface area contributed by atoms with Crippen LogP contribution in [-0.2, 0) is 13.9 Å². The first kappa shape index (κ1) is 14.4. The molecule has 82 valence electrons. The Kier molecular flexibility index (Phi) is 5.85. The summed E-state index contributed by atoms with van der Waals surface area (Å²) in [5.74, 6) is 1.67. The number of carboxylic acids is 1. The van der Waals surface area contributed by atoms with Gasteiger partial charge in [-0.15, -0.1) is 0 Å². The normalized spacial score (nSPS) is 13.9. The zero-order chi connectivity index (χ0) is 12.1. The van der Waals surface area contributed by atoms with Gasteiger partial charge >= 0.3 is 87.8 Å². The maximum atomic E-state index is 10.9. The van der Waals surface area contributed by atoms with Crippen LogP contribution in [0.3, 0.4) is 0 Å². The monoisotopic (exact) mass is 249 g/mol. The second-order valence-corrected chi connectivity index (χ2v) is 3.67. The van der Waals surface area contributed by atoms with Crippen molar-refractivity contribution in [3.05, 3.63) is 0 Å². The molecule has 0 aliphatic heterocycles. The fraction of sp³-hybridized carbons (Fsp3) is 0.571. The molecule has 0 aliphatic rings. The summed E-state index contributed by atoms with van der Waals surface area (Å²) in [6.45, 7) is 2.88. The Hall–Kier alpha value is -0.590. The third-order valence-electron chi connectivity index (χ3n) is 1.74. The molecule has 0 heterocycles. The second kappa shape index (κ2) is 6.09. The Morgan fingerprint density at radius 3 is 1.93 bits per heavy atom. The minimum atomic E-state index is -2.37. The van der Waals surface area contributed by atoms with Crippen LogP contribution in [-0.4, -0.2) is 26.8 Å². The van der Waals surface area contributed by atoms with Crippen LogP contribution in [0.4, 0.5) is 0 Å². The molecule has 8 heteroatoms. The van der Waals surface area contributed by atoms with E-state index >= 15 is 0 Å². The average molecular weight is 249 g/mol. The van der Waals surface area contributed by atoms with Gasteiger partial charge in [0.05, 0.1) is 0 Å². The second-order valence-electron chi connectivity index (χ2n) is 2.90. The first-order valence-electron chi connectivity index (χ1n) is 3.83. The predicted octanol–water partition coefficient (Wildman–Crippen LogP) is 1.13. The molecular weight excluding hydrogens is 240 g/mol. The summed E-state index contributed by atoms with van der Waals surface area (Å²) in [6, 6.07) is 0. The summed E-state index contributed by atoms with van der Waals surface area (Å²) in [7, 11) is -1.29. The number of carbonyl (C=O) groups is 1. The number of carboxylic acid groups (broad SMARTS) is 1. The van der Waals surface area contributed by atoms with E-state index in [1.807, 2.05) is 11.5 Å². The van der Waals surface area contributed by atoms with Gasteiger partial charge in [0.1, 0.15) is 0 Å². The van der Waals surface area contributed by atoms with Crippen molar-refractivity contribution in [1.29, 1.82) is 0 Å². The average Bonchev–Trinajstić information content (AvgIpc) is 2.15. The van der Waals surface area contributed by atoms with Crippen molar-refractivity contribution in [3.63, 3.8) is 0 Å².